The van der Waals surface area contributed by atoms with E-state index >= 15 is 0 Å². The minimum atomic E-state index is 0.0629. The predicted molar refractivity (Wildman–Crippen MR) is 89.0 cm³/mol. The van der Waals surface area contributed by atoms with Gasteiger partial charge in [-0.3, -0.25) is 4.98 Å². The Kier molecular flexibility index (Phi) is 5.48. The second-order valence-corrected chi connectivity index (χ2v) is 6.27. The number of pyridine rings is 1. The fraction of sp³-hybridized carbons (Fsp3) is 0.0769. The van der Waals surface area contributed by atoms with E-state index in [1.54, 1.807) is 6.07 Å². The summed E-state index contributed by atoms with van der Waals surface area (Å²) in [6.45, 7) is 0. The van der Waals surface area contributed by atoms with Gasteiger partial charge in [0.25, 0.3) is 0 Å². The van der Waals surface area contributed by atoms with Crippen molar-refractivity contribution in [2.45, 2.75) is 6.42 Å². The van der Waals surface area contributed by atoms with Crippen molar-refractivity contribution in [3.63, 3.8) is 0 Å². The number of hydrogen-bond donors (Lipinski definition) is 0. The van der Waals surface area contributed by atoms with E-state index in [4.69, 9.17) is 74.9 Å². The lowest BCUT2D eigenvalue weighted by Crippen LogP contribution is -1.96. The topological polar surface area (TPSA) is 36.7 Å². The highest BCUT2D eigenvalue weighted by Gasteiger charge is 2.23. The van der Waals surface area contributed by atoms with E-state index in [0.29, 0.717) is 21.8 Å². The van der Waals surface area contributed by atoms with Crippen LogP contribution in [0, 0.1) is 11.3 Å². The largest absolute Gasteiger partial charge is 0.254 e. The Morgan fingerprint density at radius 3 is 1.95 bits per heavy atom. The van der Waals surface area contributed by atoms with Gasteiger partial charge in [-0.05, 0) is 11.6 Å². The average molecular weight is 401 g/mol. The molecule has 0 amide bonds. The van der Waals surface area contributed by atoms with Gasteiger partial charge in [0.15, 0.2) is 0 Å². The maximum absolute atomic E-state index is 8.91. The van der Waals surface area contributed by atoms with Crippen LogP contribution in [0.1, 0.15) is 5.56 Å². The van der Waals surface area contributed by atoms with Crippen LogP contribution < -0.4 is 0 Å². The summed E-state index contributed by atoms with van der Waals surface area (Å²) in [6.07, 6.45) is 1.49. The molecular formula is C13H4Cl6N2. The Morgan fingerprint density at radius 1 is 0.905 bits per heavy atom. The molecule has 2 aromatic rings. The lowest BCUT2D eigenvalue weighted by molar-refractivity contribution is 1.20. The van der Waals surface area contributed by atoms with Crippen LogP contribution in [-0.4, -0.2) is 4.98 Å². The summed E-state index contributed by atoms with van der Waals surface area (Å²) in [6, 6.07) is 3.63. The number of aromatic nitrogens is 1. The van der Waals surface area contributed by atoms with Gasteiger partial charge in [-0.1, -0.05) is 69.6 Å². The molecule has 8 heteroatoms. The molecule has 0 saturated carbocycles. The summed E-state index contributed by atoms with van der Waals surface area (Å²) in [5.74, 6) is 0. The average Bonchev–Trinajstić information content (AvgIpc) is 2.46. The first-order chi connectivity index (χ1) is 9.88. The maximum atomic E-state index is 8.91. The van der Waals surface area contributed by atoms with E-state index in [2.05, 4.69) is 4.98 Å². The monoisotopic (exact) mass is 398 g/mol. The SMILES string of the molecule is N#CCc1cc(Cl)cnc1-c1c(Cl)c(Cl)c(Cl)c(Cl)c1Cl. The highest BCUT2D eigenvalue weighted by Crippen LogP contribution is 2.48. The number of nitrogens with zero attached hydrogens (tertiary/aromatic N) is 2. The molecule has 1 aromatic heterocycles. The van der Waals surface area contributed by atoms with E-state index in [1.165, 1.54) is 6.20 Å². The molecule has 0 aliphatic heterocycles. The number of halogens is 6. The molecule has 0 radical (unpaired) electrons. The Bertz CT molecular complexity index is 737. The molecule has 0 aliphatic carbocycles. The van der Waals surface area contributed by atoms with Crippen molar-refractivity contribution >= 4 is 69.6 Å². The van der Waals surface area contributed by atoms with Crippen molar-refractivity contribution in [2.75, 3.05) is 0 Å². The lowest BCUT2D eigenvalue weighted by atomic mass is 10.0. The molecule has 0 bridgehead atoms. The first-order valence-corrected chi connectivity index (χ1v) is 7.68. The van der Waals surface area contributed by atoms with Crippen LogP contribution in [0.2, 0.25) is 30.1 Å². The summed E-state index contributed by atoms with van der Waals surface area (Å²) in [7, 11) is 0. The van der Waals surface area contributed by atoms with Crippen LogP contribution in [0.25, 0.3) is 11.3 Å². The van der Waals surface area contributed by atoms with Gasteiger partial charge >= 0.3 is 0 Å². The summed E-state index contributed by atoms with van der Waals surface area (Å²) in [5, 5.41) is 9.74. The number of benzene rings is 1. The van der Waals surface area contributed by atoms with Gasteiger partial charge in [0.2, 0.25) is 0 Å². The molecule has 21 heavy (non-hydrogen) atoms. The Labute approximate surface area is 151 Å². The first kappa shape index (κ1) is 17.0. The summed E-state index contributed by atoms with van der Waals surface area (Å²) < 4.78 is 0. The fourth-order valence-electron chi connectivity index (χ4n) is 1.74. The number of nitriles is 1. The third kappa shape index (κ3) is 3.19. The molecule has 2 rings (SSSR count). The first-order valence-electron chi connectivity index (χ1n) is 5.41. The predicted octanol–water partition coefficient (Wildman–Crippen LogP) is 6.74. The molecule has 0 saturated heterocycles. The van der Waals surface area contributed by atoms with Crippen LogP contribution in [0.5, 0.6) is 0 Å². The summed E-state index contributed by atoms with van der Waals surface area (Å²) >= 11 is 36.3. The molecule has 0 spiro atoms. The van der Waals surface area contributed by atoms with Crippen LogP contribution in [0.4, 0.5) is 0 Å². The van der Waals surface area contributed by atoms with Gasteiger partial charge in [0.05, 0.1) is 48.3 Å². The van der Waals surface area contributed by atoms with Gasteiger partial charge in [-0.2, -0.15) is 5.26 Å². The van der Waals surface area contributed by atoms with Crippen molar-refractivity contribution < 1.29 is 0 Å². The molecule has 2 nitrogen and oxygen atoms in total. The zero-order chi connectivity index (χ0) is 15.7. The van der Waals surface area contributed by atoms with Gasteiger partial charge < -0.3 is 0 Å². The molecule has 0 N–H and O–H groups in total. The maximum Gasteiger partial charge on any atom is 0.0809 e. The normalized spacial score (nSPS) is 10.5. The van der Waals surface area contributed by atoms with Crippen LogP contribution in [0.3, 0.4) is 0 Å². The Balaban J connectivity index is 2.83. The quantitative estimate of drug-likeness (QED) is 0.413. The van der Waals surface area contributed by atoms with Crippen molar-refractivity contribution in [1.82, 2.24) is 4.98 Å². The van der Waals surface area contributed by atoms with Gasteiger partial charge in [-0.15, -0.1) is 0 Å². The van der Waals surface area contributed by atoms with Crippen molar-refractivity contribution in [3.05, 3.63) is 48.0 Å². The highest BCUT2D eigenvalue weighted by molar-refractivity contribution is 6.56. The molecule has 1 aromatic carbocycles. The van der Waals surface area contributed by atoms with Crippen LogP contribution in [-0.2, 0) is 6.42 Å². The van der Waals surface area contributed by atoms with E-state index in [-0.39, 0.29) is 31.5 Å². The lowest BCUT2D eigenvalue weighted by Gasteiger charge is -2.14. The van der Waals surface area contributed by atoms with Crippen molar-refractivity contribution in [1.29, 1.82) is 5.26 Å². The third-order valence-corrected chi connectivity index (χ3v) is 5.13. The van der Waals surface area contributed by atoms with E-state index in [9.17, 15) is 0 Å². The molecular weight excluding hydrogens is 397 g/mol. The van der Waals surface area contributed by atoms with E-state index < -0.39 is 0 Å². The number of hydrogen-bond acceptors (Lipinski definition) is 2. The third-order valence-electron chi connectivity index (χ3n) is 2.65. The molecule has 0 unspecified atom stereocenters. The Morgan fingerprint density at radius 2 is 1.43 bits per heavy atom. The number of rotatable bonds is 2. The van der Waals surface area contributed by atoms with E-state index in [0.717, 1.165) is 0 Å². The zero-order valence-corrected chi connectivity index (χ0v) is 14.6. The standard InChI is InChI=1S/C13H4Cl6N2/c14-6-3-5(1-2-20)13(21-4-6)7-8(15)10(17)12(19)11(18)9(7)16/h3-4H,1H2. The smallest absolute Gasteiger partial charge is 0.0809 e. The fourth-order valence-corrected chi connectivity index (χ4v) is 3.24. The molecule has 108 valence electrons. The molecule has 0 aliphatic rings. The minimum Gasteiger partial charge on any atom is -0.254 e. The zero-order valence-electron chi connectivity index (χ0n) is 10.0. The van der Waals surface area contributed by atoms with Gasteiger partial charge in [0, 0.05) is 11.8 Å². The van der Waals surface area contributed by atoms with Crippen molar-refractivity contribution in [3.8, 4) is 17.3 Å². The van der Waals surface area contributed by atoms with Gasteiger partial charge in [-0.25, -0.2) is 0 Å². The summed E-state index contributed by atoms with van der Waals surface area (Å²) in [5.41, 5.74) is 1.26. The second-order valence-electron chi connectivity index (χ2n) is 3.94. The molecule has 0 fully saturated rings. The van der Waals surface area contributed by atoms with Crippen molar-refractivity contribution in [2.24, 2.45) is 0 Å². The van der Waals surface area contributed by atoms with Gasteiger partial charge in [0.1, 0.15) is 0 Å². The minimum absolute atomic E-state index is 0.0629. The Hall–Kier alpha value is -0.400. The highest BCUT2D eigenvalue weighted by atomic mass is 35.5. The van der Waals surface area contributed by atoms with E-state index in [1.807, 2.05) is 6.07 Å². The summed E-state index contributed by atoms with van der Waals surface area (Å²) in [4.78, 5) is 4.19. The van der Waals surface area contributed by atoms with Crippen LogP contribution in [0.15, 0.2) is 12.3 Å². The second kappa shape index (κ2) is 6.79. The molecule has 0 atom stereocenters. The van der Waals surface area contributed by atoms with Crippen LogP contribution >= 0.6 is 69.6 Å². The molecule has 1 heterocycles.